The molecular formula is C21H28N2O5. The van der Waals surface area contributed by atoms with E-state index >= 15 is 0 Å². The van der Waals surface area contributed by atoms with Crippen molar-refractivity contribution in [3.63, 3.8) is 0 Å². The van der Waals surface area contributed by atoms with Gasteiger partial charge in [-0.05, 0) is 59.2 Å². The van der Waals surface area contributed by atoms with E-state index < -0.39 is 23.4 Å². The molecule has 1 N–H and O–H groups in total. The molecule has 1 unspecified atom stereocenters. The first-order valence-electron chi connectivity index (χ1n) is 9.17. The second-order valence-electron chi connectivity index (χ2n) is 8.62. The number of carbonyl (C=O) groups excluding carboxylic acids is 3. The van der Waals surface area contributed by atoms with Gasteiger partial charge in [0, 0.05) is 5.69 Å². The molecule has 1 aliphatic rings. The van der Waals surface area contributed by atoms with Crippen molar-refractivity contribution in [2.75, 3.05) is 5.32 Å². The van der Waals surface area contributed by atoms with E-state index in [4.69, 9.17) is 9.47 Å². The number of amides is 3. The minimum absolute atomic E-state index is 0.249. The highest BCUT2D eigenvalue weighted by Crippen LogP contribution is 2.24. The van der Waals surface area contributed by atoms with Crippen molar-refractivity contribution in [3.8, 4) is 0 Å². The van der Waals surface area contributed by atoms with Crippen molar-refractivity contribution in [1.29, 1.82) is 0 Å². The fraction of sp³-hybridized carbons (Fsp3) is 0.476. The van der Waals surface area contributed by atoms with E-state index in [9.17, 15) is 14.4 Å². The molecule has 1 atom stereocenters. The van der Waals surface area contributed by atoms with Crippen molar-refractivity contribution in [3.05, 3.63) is 35.9 Å². The Kier molecular flexibility index (Phi) is 6.17. The summed E-state index contributed by atoms with van der Waals surface area (Å²) < 4.78 is 10.5. The molecule has 7 nitrogen and oxygen atoms in total. The molecule has 2 rings (SSSR count). The van der Waals surface area contributed by atoms with Gasteiger partial charge in [-0.25, -0.2) is 14.5 Å². The number of nitrogens with zero attached hydrogens (tertiary/aromatic N) is 1. The number of imide groups is 1. The van der Waals surface area contributed by atoms with Crippen LogP contribution in [-0.2, 0) is 14.3 Å². The number of rotatable bonds is 3. The number of ether oxygens (including phenoxy) is 2. The van der Waals surface area contributed by atoms with Gasteiger partial charge in [0.05, 0.1) is 12.5 Å². The van der Waals surface area contributed by atoms with Crippen LogP contribution in [0.3, 0.4) is 0 Å². The van der Waals surface area contributed by atoms with Gasteiger partial charge in [-0.15, -0.1) is 0 Å². The summed E-state index contributed by atoms with van der Waals surface area (Å²) in [5, 5.41) is 2.66. The summed E-state index contributed by atoms with van der Waals surface area (Å²) in [7, 11) is 0. The minimum atomic E-state index is -0.655. The van der Waals surface area contributed by atoms with Crippen molar-refractivity contribution < 1.29 is 23.9 Å². The summed E-state index contributed by atoms with van der Waals surface area (Å²) in [6.07, 6.45) is 2.74. The first-order chi connectivity index (χ1) is 12.8. The topological polar surface area (TPSA) is 84.9 Å². The number of benzene rings is 1. The first-order valence-corrected chi connectivity index (χ1v) is 9.17. The third-order valence-electron chi connectivity index (χ3n) is 3.64. The fourth-order valence-corrected chi connectivity index (χ4v) is 2.46. The van der Waals surface area contributed by atoms with E-state index in [-0.39, 0.29) is 18.4 Å². The van der Waals surface area contributed by atoms with Gasteiger partial charge < -0.3 is 9.47 Å². The van der Waals surface area contributed by atoms with Crippen LogP contribution in [0.1, 0.15) is 53.5 Å². The maximum Gasteiger partial charge on any atom is 0.417 e. The highest BCUT2D eigenvalue weighted by molar-refractivity contribution is 5.98. The SMILES string of the molecule is CC(C)(C)OC(=O)Nc1ccc(/C=C/C2CC(=O)N2C(=O)OC(C)(C)C)cc1. The number of anilines is 1. The van der Waals surface area contributed by atoms with E-state index in [1.54, 1.807) is 59.8 Å². The molecule has 0 aromatic heterocycles. The standard InChI is InChI=1S/C21H28N2O5/c1-20(2,3)27-18(25)22-15-10-7-14(8-11-15)9-12-16-13-17(24)23(16)19(26)28-21(4,5)6/h7-12,16H,13H2,1-6H3,(H,22,25)/b12-9+. The Bertz CT molecular complexity index is 769. The number of nitrogens with one attached hydrogen (secondary N) is 1. The van der Waals surface area contributed by atoms with E-state index in [2.05, 4.69) is 5.32 Å². The highest BCUT2D eigenvalue weighted by Gasteiger charge is 2.41. The van der Waals surface area contributed by atoms with Gasteiger partial charge in [-0.2, -0.15) is 0 Å². The van der Waals surface area contributed by atoms with Crippen LogP contribution in [0.25, 0.3) is 6.08 Å². The smallest absolute Gasteiger partial charge is 0.417 e. The third kappa shape index (κ3) is 6.40. The normalized spacial score (nSPS) is 17.3. The molecule has 1 aromatic carbocycles. The molecule has 1 fully saturated rings. The van der Waals surface area contributed by atoms with E-state index in [1.807, 2.05) is 18.2 Å². The monoisotopic (exact) mass is 388 g/mol. The van der Waals surface area contributed by atoms with Crippen molar-refractivity contribution in [2.24, 2.45) is 0 Å². The van der Waals surface area contributed by atoms with Crippen LogP contribution in [0, 0.1) is 0 Å². The maximum atomic E-state index is 12.1. The average Bonchev–Trinajstić information content (AvgIpc) is 2.48. The molecule has 0 radical (unpaired) electrons. The molecule has 1 aliphatic heterocycles. The van der Waals surface area contributed by atoms with Crippen LogP contribution in [0.5, 0.6) is 0 Å². The predicted molar refractivity (Wildman–Crippen MR) is 107 cm³/mol. The minimum Gasteiger partial charge on any atom is -0.444 e. The van der Waals surface area contributed by atoms with Gasteiger partial charge in [0.25, 0.3) is 0 Å². The number of carbonyl (C=O) groups is 3. The number of likely N-dealkylation sites (tertiary alicyclic amines) is 1. The van der Waals surface area contributed by atoms with Crippen LogP contribution in [0.15, 0.2) is 30.3 Å². The Morgan fingerprint density at radius 3 is 2.11 bits per heavy atom. The molecular weight excluding hydrogens is 360 g/mol. The lowest BCUT2D eigenvalue weighted by Gasteiger charge is -2.37. The molecule has 0 saturated carbocycles. The fourth-order valence-electron chi connectivity index (χ4n) is 2.46. The Labute approximate surface area is 165 Å². The molecule has 152 valence electrons. The van der Waals surface area contributed by atoms with Gasteiger partial charge in [0.15, 0.2) is 0 Å². The van der Waals surface area contributed by atoms with E-state index in [0.29, 0.717) is 5.69 Å². The van der Waals surface area contributed by atoms with Crippen LogP contribution in [0.4, 0.5) is 15.3 Å². The second-order valence-corrected chi connectivity index (χ2v) is 8.62. The Hall–Kier alpha value is -2.83. The van der Waals surface area contributed by atoms with Crippen LogP contribution in [-0.4, -0.2) is 40.2 Å². The zero-order valence-corrected chi connectivity index (χ0v) is 17.2. The molecule has 1 heterocycles. The lowest BCUT2D eigenvalue weighted by Crippen LogP contribution is -2.55. The summed E-state index contributed by atoms with van der Waals surface area (Å²) >= 11 is 0. The molecule has 0 aliphatic carbocycles. The molecule has 3 amide bonds. The lowest BCUT2D eigenvalue weighted by atomic mass is 10.0. The summed E-state index contributed by atoms with van der Waals surface area (Å²) in [4.78, 5) is 36.8. The van der Waals surface area contributed by atoms with Crippen LogP contribution >= 0.6 is 0 Å². The molecule has 7 heteroatoms. The Morgan fingerprint density at radius 2 is 1.61 bits per heavy atom. The predicted octanol–water partition coefficient (Wildman–Crippen LogP) is 4.58. The molecule has 1 saturated heterocycles. The van der Waals surface area contributed by atoms with E-state index in [0.717, 1.165) is 10.5 Å². The van der Waals surface area contributed by atoms with Crippen LogP contribution < -0.4 is 5.32 Å². The zero-order valence-electron chi connectivity index (χ0n) is 17.2. The van der Waals surface area contributed by atoms with Crippen molar-refractivity contribution >= 4 is 29.9 Å². The maximum absolute atomic E-state index is 12.1. The lowest BCUT2D eigenvalue weighted by molar-refractivity contribution is -0.141. The quantitative estimate of drug-likeness (QED) is 0.766. The third-order valence-corrected chi connectivity index (χ3v) is 3.64. The average molecular weight is 388 g/mol. The van der Waals surface area contributed by atoms with Crippen molar-refractivity contribution in [1.82, 2.24) is 4.90 Å². The summed E-state index contributed by atoms with van der Waals surface area (Å²) in [5.41, 5.74) is 0.268. The Balaban J connectivity index is 1.94. The van der Waals surface area contributed by atoms with Gasteiger partial charge in [0.1, 0.15) is 11.2 Å². The molecule has 0 spiro atoms. The summed E-state index contributed by atoms with van der Waals surface area (Å²) in [6.45, 7) is 10.7. The van der Waals surface area contributed by atoms with E-state index in [1.165, 1.54) is 0 Å². The number of hydrogen-bond donors (Lipinski definition) is 1. The Morgan fingerprint density at radius 1 is 1.04 bits per heavy atom. The van der Waals surface area contributed by atoms with Crippen molar-refractivity contribution in [2.45, 2.75) is 65.2 Å². The molecule has 1 aromatic rings. The second kappa shape index (κ2) is 8.04. The number of hydrogen-bond acceptors (Lipinski definition) is 5. The highest BCUT2D eigenvalue weighted by atomic mass is 16.6. The summed E-state index contributed by atoms with van der Waals surface area (Å²) in [6, 6.07) is 6.83. The molecule has 28 heavy (non-hydrogen) atoms. The van der Waals surface area contributed by atoms with Gasteiger partial charge >= 0.3 is 12.2 Å². The van der Waals surface area contributed by atoms with Gasteiger partial charge in [-0.1, -0.05) is 24.3 Å². The number of β-lactam (4-membered cyclic amide) rings is 1. The first kappa shape index (κ1) is 21.5. The largest absolute Gasteiger partial charge is 0.444 e. The van der Waals surface area contributed by atoms with Gasteiger partial charge in [-0.3, -0.25) is 10.1 Å². The van der Waals surface area contributed by atoms with Gasteiger partial charge in [0.2, 0.25) is 5.91 Å². The molecule has 0 bridgehead atoms. The zero-order chi connectivity index (χ0) is 21.1. The summed E-state index contributed by atoms with van der Waals surface area (Å²) in [5.74, 6) is -0.249. The van der Waals surface area contributed by atoms with Crippen LogP contribution in [0.2, 0.25) is 0 Å².